The van der Waals surface area contributed by atoms with E-state index < -0.39 is 0 Å². The van der Waals surface area contributed by atoms with Crippen LogP contribution in [0.1, 0.15) is 36.8 Å². The molecule has 0 unspecified atom stereocenters. The molecule has 0 radical (unpaired) electrons. The standard InChI is InChI=1S/C26H34N2O4/c1-30-23-11-9-21(10-12-23)18-28-15-13-26(14-16-28)20-27-25(29)19-31-24-8-3-2-6-22(24)7-4-5-17-32-26/h2-3,6,8-12H,4-5,7,13-20H2,1H3,(H,27,29). The lowest BCUT2D eigenvalue weighted by molar-refractivity contribution is -0.127. The van der Waals surface area contributed by atoms with Gasteiger partial charge >= 0.3 is 0 Å². The maximum Gasteiger partial charge on any atom is 0.258 e. The molecule has 2 aliphatic rings. The number of benzene rings is 2. The van der Waals surface area contributed by atoms with E-state index in [4.69, 9.17) is 14.2 Å². The Balaban J connectivity index is 1.34. The number of amides is 1. The maximum atomic E-state index is 12.5. The van der Waals surface area contributed by atoms with Gasteiger partial charge < -0.3 is 19.5 Å². The van der Waals surface area contributed by atoms with E-state index in [9.17, 15) is 4.79 Å². The quantitative estimate of drug-likeness (QED) is 0.794. The molecular formula is C26H34N2O4. The highest BCUT2D eigenvalue weighted by Gasteiger charge is 2.36. The minimum absolute atomic E-state index is 0.0384. The van der Waals surface area contributed by atoms with Gasteiger partial charge in [-0.15, -0.1) is 0 Å². The number of nitrogens with zero attached hydrogens (tertiary/aromatic N) is 1. The fraction of sp³-hybridized carbons (Fsp3) is 0.500. The molecule has 172 valence electrons. The van der Waals surface area contributed by atoms with Crippen molar-refractivity contribution in [2.75, 3.05) is 40.0 Å². The minimum Gasteiger partial charge on any atom is -0.497 e. The molecule has 6 heteroatoms. The normalized spacial score (nSPS) is 20.1. The third-order valence-corrected chi connectivity index (χ3v) is 6.52. The molecule has 2 aromatic carbocycles. The molecule has 1 spiro atoms. The second kappa shape index (κ2) is 10.8. The Morgan fingerprint density at radius 3 is 2.62 bits per heavy atom. The number of para-hydroxylation sites is 1. The van der Waals surface area contributed by atoms with Gasteiger partial charge in [-0.05, 0) is 61.4 Å². The largest absolute Gasteiger partial charge is 0.497 e. The van der Waals surface area contributed by atoms with Gasteiger partial charge in [0.25, 0.3) is 5.91 Å². The summed E-state index contributed by atoms with van der Waals surface area (Å²) in [6.07, 6.45) is 4.79. The van der Waals surface area contributed by atoms with Crippen molar-refractivity contribution in [1.82, 2.24) is 10.2 Å². The van der Waals surface area contributed by atoms with Gasteiger partial charge in [0.1, 0.15) is 11.5 Å². The molecule has 1 fully saturated rings. The number of ether oxygens (including phenoxy) is 3. The molecule has 0 bridgehead atoms. The van der Waals surface area contributed by atoms with Crippen LogP contribution in [0.5, 0.6) is 11.5 Å². The number of piperidine rings is 1. The zero-order valence-electron chi connectivity index (χ0n) is 19.0. The van der Waals surface area contributed by atoms with Crippen LogP contribution in [0.15, 0.2) is 48.5 Å². The van der Waals surface area contributed by atoms with Crippen LogP contribution in [0, 0.1) is 0 Å². The third-order valence-electron chi connectivity index (χ3n) is 6.52. The number of hydrogen-bond acceptors (Lipinski definition) is 5. The van der Waals surface area contributed by atoms with Crippen molar-refractivity contribution in [2.24, 2.45) is 0 Å². The molecule has 2 aliphatic heterocycles. The van der Waals surface area contributed by atoms with Crippen molar-refractivity contribution < 1.29 is 19.0 Å². The summed E-state index contributed by atoms with van der Waals surface area (Å²) >= 11 is 0. The van der Waals surface area contributed by atoms with Crippen molar-refractivity contribution in [2.45, 2.75) is 44.2 Å². The second-order valence-corrected chi connectivity index (χ2v) is 8.79. The molecule has 32 heavy (non-hydrogen) atoms. The van der Waals surface area contributed by atoms with E-state index >= 15 is 0 Å². The van der Waals surface area contributed by atoms with Gasteiger partial charge in [-0.2, -0.15) is 0 Å². The van der Waals surface area contributed by atoms with Gasteiger partial charge in [0.2, 0.25) is 0 Å². The molecule has 2 heterocycles. The molecule has 2 aromatic rings. The predicted molar refractivity (Wildman–Crippen MR) is 124 cm³/mol. The number of aryl methyl sites for hydroxylation is 1. The van der Waals surface area contributed by atoms with Crippen LogP contribution in [-0.2, 0) is 22.5 Å². The summed E-state index contributed by atoms with van der Waals surface area (Å²) in [5.74, 6) is 1.60. The first-order valence-corrected chi connectivity index (χ1v) is 11.6. The smallest absolute Gasteiger partial charge is 0.258 e. The van der Waals surface area contributed by atoms with E-state index in [2.05, 4.69) is 28.4 Å². The maximum absolute atomic E-state index is 12.5. The van der Waals surface area contributed by atoms with Gasteiger partial charge in [-0.3, -0.25) is 9.69 Å². The summed E-state index contributed by atoms with van der Waals surface area (Å²) in [4.78, 5) is 14.9. The van der Waals surface area contributed by atoms with Crippen molar-refractivity contribution in [1.29, 1.82) is 0 Å². The highest BCUT2D eigenvalue weighted by Crippen LogP contribution is 2.28. The SMILES string of the molecule is COc1ccc(CN2CCC3(CC2)CNC(=O)COc2ccccc2CCCCO3)cc1. The summed E-state index contributed by atoms with van der Waals surface area (Å²) in [5, 5.41) is 3.07. The number of hydrogen-bond donors (Lipinski definition) is 1. The highest BCUT2D eigenvalue weighted by molar-refractivity contribution is 5.77. The fourth-order valence-electron chi connectivity index (χ4n) is 4.49. The summed E-state index contributed by atoms with van der Waals surface area (Å²) in [6, 6.07) is 16.3. The van der Waals surface area contributed by atoms with Crippen molar-refractivity contribution >= 4 is 5.91 Å². The summed E-state index contributed by atoms with van der Waals surface area (Å²) in [7, 11) is 1.69. The van der Waals surface area contributed by atoms with Gasteiger partial charge in [0.05, 0.1) is 12.7 Å². The molecule has 4 rings (SSSR count). The fourth-order valence-corrected chi connectivity index (χ4v) is 4.49. The van der Waals surface area contributed by atoms with Crippen LogP contribution < -0.4 is 14.8 Å². The number of methoxy groups -OCH3 is 1. The summed E-state index contributed by atoms with van der Waals surface area (Å²) in [6.45, 7) is 4.10. The Hall–Kier alpha value is -2.57. The Kier molecular flexibility index (Phi) is 7.66. The Morgan fingerprint density at radius 2 is 1.84 bits per heavy atom. The first-order valence-electron chi connectivity index (χ1n) is 11.6. The van der Waals surface area contributed by atoms with Crippen LogP contribution in [0.25, 0.3) is 0 Å². The van der Waals surface area contributed by atoms with E-state index in [0.717, 1.165) is 75.4 Å². The number of nitrogens with one attached hydrogen (secondary N) is 1. The van der Waals surface area contributed by atoms with E-state index in [1.54, 1.807) is 7.11 Å². The van der Waals surface area contributed by atoms with E-state index in [-0.39, 0.29) is 18.1 Å². The average molecular weight is 439 g/mol. The van der Waals surface area contributed by atoms with Crippen LogP contribution in [0.4, 0.5) is 0 Å². The Morgan fingerprint density at radius 1 is 1.06 bits per heavy atom. The summed E-state index contributed by atoms with van der Waals surface area (Å²) < 4.78 is 17.5. The molecule has 0 aromatic heterocycles. The lowest BCUT2D eigenvalue weighted by atomic mass is 9.90. The van der Waals surface area contributed by atoms with Crippen LogP contribution in [0.3, 0.4) is 0 Å². The number of rotatable bonds is 3. The van der Waals surface area contributed by atoms with Gasteiger partial charge in [0, 0.05) is 32.8 Å². The van der Waals surface area contributed by atoms with E-state index in [0.29, 0.717) is 6.54 Å². The third kappa shape index (κ3) is 6.02. The minimum atomic E-state index is -0.299. The lowest BCUT2D eigenvalue weighted by Crippen LogP contribution is -2.53. The monoisotopic (exact) mass is 438 g/mol. The molecule has 6 nitrogen and oxygen atoms in total. The van der Waals surface area contributed by atoms with E-state index in [1.165, 1.54) is 5.56 Å². The van der Waals surface area contributed by atoms with Crippen LogP contribution in [0.2, 0.25) is 0 Å². The predicted octanol–water partition coefficient (Wildman–Crippen LogP) is 3.58. The topological polar surface area (TPSA) is 60.0 Å². The highest BCUT2D eigenvalue weighted by atomic mass is 16.5. The van der Waals surface area contributed by atoms with Crippen LogP contribution in [-0.4, -0.2) is 56.4 Å². The van der Waals surface area contributed by atoms with Crippen molar-refractivity contribution in [3.8, 4) is 11.5 Å². The molecule has 0 saturated carbocycles. The molecule has 1 N–H and O–H groups in total. The summed E-state index contributed by atoms with van der Waals surface area (Å²) in [5.41, 5.74) is 2.14. The number of fused-ring (bicyclic) bond motifs is 1. The first-order chi connectivity index (χ1) is 15.7. The zero-order valence-corrected chi connectivity index (χ0v) is 19.0. The Labute approximate surface area is 190 Å². The number of carbonyl (C=O) groups excluding carboxylic acids is 1. The Bertz CT molecular complexity index is 876. The van der Waals surface area contributed by atoms with E-state index in [1.807, 2.05) is 30.3 Å². The van der Waals surface area contributed by atoms with Crippen LogP contribution >= 0.6 is 0 Å². The molecule has 0 atom stereocenters. The van der Waals surface area contributed by atoms with Gasteiger partial charge in [-0.1, -0.05) is 30.3 Å². The van der Waals surface area contributed by atoms with Crippen molar-refractivity contribution in [3.63, 3.8) is 0 Å². The second-order valence-electron chi connectivity index (χ2n) is 8.79. The molecule has 1 saturated heterocycles. The van der Waals surface area contributed by atoms with Gasteiger partial charge in [-0.25, -0.2) is 0 Å². The molecule has 0 aliphatic carbocycles. The van der Waals surface area contributed by atoms with Crippen molar-refractivity contribution in [3.05, 3.63) is 59.7 Å². The number of carbonyl (C=O) groups is 1. The first kappa shape index (κ1) is 22.6. The average Bonchev–Trinajstić information content (AvgIpc) is 2.84. The lowest BCUT2D eigenvalue weighted by Gasteiger charge is -2.42. The molecular weight excluding hydrogens is 404 g/mol. The zero-order chi connectivity index (χ0) is 22.2. The van der Waals surface area contributed by atoms with Gasteiger partial charge in [0.15, 0.2) is 6.61 Å². The number of likely N-dealkylation sites (tertiary alicyclic amines) is 1. The molecule has 1 amide bonds.